The van der Waals surface area contributed by atoms with Crippen LogP contribution >= 0.6 is 11.6 Å². The molecule has 0 aliphatic carbocycles. The zero-order chi connectivity index (χ0) is 13.8. The molecule has 1 aromatic carbocycles. The van der Waals surface area contributed by atoms with Crippen molar-refractivity contribution in [2.75, 3.05) is 6.61 Å². The smallest absolute Gasteiger partial charge is 0.261 e. The molecular formula is C13H15ClN2O3. The van der Waals surface area contributed by atoms with Crippen molar-refractivity contribution in [3.63, 3.8) is 0 Å². The predicted molar refractivity (Wildman–Crippen MR) is 71.1 cm³/mol. The number of rotatable bonds is 5. The molecule has 1 aromatic heterocycles. The molecule has 0 spiro atoms. The summed E-state index contributed by atoms with van der Waals surface area (Å²) < 4.78 is 10.7. The summed E-state index contributed by atoms with van der Waals surface area (Å²) in [4.78, 5) is 4.25. The Hall–Kier alpha value is -1.59. The third-order valence-electron chi connectivity index (χ3n) is 2.66. The van der Waals surface area contributed by atoms with E-state index in [4.69, 9.17) is 20.9 Å². The van der Waals surface area contributed by atoms with E-state index in [0.29, 0.717) is 23.0 Å². The minimum atomic E-state index is -0.197. The number of halogens is 1. The fraction of sp³-hybridized carbons (Fsp3) is 0.385. The molecule has 102 valence electrons. The van der Waals surface area contributed by atoms with Crippen molar-refractivity contribution in [3.05, 3.63) is 29.0 Å². The Morgan fingerprint density at radius 3 is 2.84 bits per heavy atom. The molecule has 5 nitrogen and oxygen atoms in total. The van der Waals surface area contributed by atoms with Crippen molar-refractivity contribution in [1.82, 2.24) is 10.1 Å². The largest absolute Gasteiger partial charge is 0.507 e. The minimum Gasteiger partial charge on any atom is -0.507 e. The predicted octanol–water partition coefficient (Wildman–Crippen LogP) is 3.58. The summed E-state index contributed by atoms with van der Waals surface area (Å²) in [6, 6.07) is 4.72. The van der Waals surface area contributed by atoms with Crippen LogP contribution in [0.5, 0.6) is 5.75 Å². The molecule has 0 aliphatic rings. The Morgan fingerprint density at radius 1 is 1.42 bits per heavy atom. The Balaban J connectivity index is 2.29. The van der Waals surface area contributed by atoms with E-state index in [9.17, 15) is 5.11 Å². The molecule has 0 saturated carbocycles. The van der Waals surface area contributed by atoms with E-state index in [1.54, 1.807) is 12.1 Å². The molecule has 0 radical (unpaired) electrons. The number of aromatic nitrogens is 2. The van der Waals surface area contributed by atoms with Gasteiger partial charge in [-0.2, -0.15) is 4.98 Å². The van der Waals surface area contributed by atoms with Crippen LogP contribution in [0.15, 0.2) is 22.7 Å². The van der Waals surface area contributed by atoms with Gasteiger partial charge < -0.3 is 14.4 Å². The summed E-state index contributed by atoms with van der Waals surface area (Å²) in [5.41, 5.74) is 0.453. The van der Waals surface area contributed by atoms with E-state index in [-0.39, 0.29) is 17.7 Å². The van der Waals surface area contributed by atoms with Gasteiger partial charge in [0.05, 0.1) is 5.56 Å². The lowest BCUT2D eigenvalue weighted by Crippen LogP contribution is -2.04. The van der Waals surface area contributed by atoms with E-state index in [0.717, 1.165) is 6.42 Å². The van der Waals surface area contributed by atoms with Crippen LogP contribution in [0, 0.1) is 0 Å². The number of phenolic OH excluding ortho intramolecular Hbond substituents is 1. The number of hydrogen-bond acceptors (Lipinski definition) is 5. The first-order chi connectivity index (χ1) is 9.15. The van der Waals surface area contributed by atoms with Crippen molar-refractivity contribution in [2.45, 2.75) is 26.4 Å². The standard InChI is InChI=1S/C13H15ClN2O3/c1-3-11(18-4-2)12-15-13(19-16-12)9-6-5-8(14)7-10(9)17/h5-7,11,17H,3-4H2,1-2H3. The molecule has 6 heteroatoms. The fourth-order valence-electron chi connectivity index (χ4n) is 1.74. The highest BCUT2D eigenvalue weighted by atomic mass is 35.5. The summed E-state index contributed by atoms with van der Waals surface area (Å²) in [5, 5.41) is 14.1. The summed E-state index contributed by atoms with van der Waals surface area (Å²) >= 11 is 5.78. The second-order valence-electron chi connectivity index (χ2n) is 3.97. The van der Waals surface area contributed by atoms with Crippen LogP contribution in [0.4, 0.5) is 0 Å². The van der Waals surface area contributed by atoms with Crippen LogP contribution in [0.25, 0.3) is 11.5 Å². The number of phenols is 1. The first kappa shape index (κ1) is 13.8. The maximum Gasteiger partial charge on any atom is 0.261 e. The molecular weight excluding hydrogens is 268 g/mol. The lowest BCUT2D eigenvalue weighted by atomic mass is 10.2. The number of aromatic hydroxyl groups is 1. The van der Waals surface area contributed by atoms with Gasteiger partial charge in [-0.1, -0.05) is 23.7 Å². The number of ether oxygens (including phenoxy) is 1. The highest BCUT2D eigenvalue weighted by Crippen LogP contribution is 2.31. The number of hydrogen-bond donors (Lipinski definition) is 1. The van der Waals surface area contributed by atoms with Gasteiger partial charge in [-0.15, -0.1) is 0 Å². The van der Waals surface area contributed by atoms with Gasteiger partial charge in [0.25, 0.3) is 5.89 Å². The van der Waals surface area contributed by atoms with Crippen molar-refractivity contribution in [3.8, 4) is 17.2 Å². The highest BCUT2D eigenvalue weighted by molar-refractivity contribution is 6.30. The summed E-state index contributed by atoms with van der Waals surface area (Å²) in [6.45, 7) is 4.47. The van der Waals surface area contributed by atoms with Crippen molar-refractivity contribution >= 4 is 11.6 Å². The monoisotopic (exact) mass is 282 g/mol. The topological polar surface area (TPSA) is 68.4 Å². The van der Waals surface area contributed by atoms with E-state index < -0.39 is 0 Å². The normalized spacial score (nSPS) is 12.6. The lowest BCUT2D eigenvalue weighted by Gasteiger charge is -2.09. The quantitative estimate of drug-likeness (QED) is 0.908. The SMILES string of the molecule is CCOC(CC)c1noc(-c2ccc(Cl)cc2O)n1. The number of benzene rings is 1. The van der Waals surface area contributed by atoms with E-state index in [1.165, 1.54) is 6.07 Å². The van der Waals surface area contributed by atoms with Crippen LogP contribution in [0.3, 0.4) is 0 Å². The minimum absolute atomic E-state index is 0.00663. The molecule has 1 unspecified atom stereocenters. The fourth-order valence-corrected chi connectivity index (χ4v) is 1.90. The van der Waals surface area contributed by atoms with E-state index >= 15 is 0 Å². The first-order valence-corrected chi connectivity index (χ1v) is 6.47. The maximum atomic E-state index is 9.81. The van der Waals surface area contributed by atoms with Gasteiger partial charge in [0.2, 0.25) is 5.82 Å². The maximum absolute atomic E-state index is 9.81. The van der Waals surface area contributed by atoms with Crippen LogP contribution in [-0.4, -0.2) is 21.9 Å². The Bertz CT molecular complexity index is 557. The van der Waals surface area contributed by atoms with E-state index in [1.807, 2.05) is 13.8 Å². The van der Waals surface area contributed by atoms with Gasteiger partial charge in [-0.25, -0.2) is 0 Å². The van der Waals surface area contributed by atoms with Gasteiger partial charge >= 0.3 is 0 Å². The van der Waals surface area contributed by atoms with Crippen molar-refractivity contribution < 1.29 is 14.4 Å². The first-order valence-electron chi connectivity index (χ1n) is 6.09. The Labute approximate surface area is 116 Å². The third-order valence-corrected chi connectivity index (χ3v) is 2.89. The second kappa shape index (κ2) is 6.04. The van der Waals surface area contributed by atoms with Gasteiger partial charge in [0, 0.05) is 11.6 Å². The molecule has 0 aliphatic heterocycles. The van der Waals surface area contributed by atoms with E-state index in [2.05, 4.69) is 10.1 Å². The summed E-state index contributed by atoms with van der Waals surface area (Å²) in [7, 11) is 0. The average molecular weight is 283 g/mol. The van der Waals surface area contributed by atoms with Crippen LogP contribution in [-0.2, 0) is 4.74 Å². The average Bonchev–Trinajstić information content (AvgIpc) is 2.85. The summed E-state index contributed by atoms with van der Waals surface area (Å²) in [5.74, 6) is 0.739. The van der Waals surface area contributed by atoms with Gasteiger partial charge in [-0.05, 0) is 31.5 Å². The third kappa shape index (κ3) is 3.05. The molecule has 2 rings (SSSR count). The van der Waals surface area contributed by atoms with Gasteiger partial charge in [-0.3, -0.25) is 0 Å². The molecule has 1 N–H and O–H groups in total. The molecule has 19 heavy (non-hydrogen) atoms. The zero-order valence-electron chi connectivity index (χ0n) is 10.8. The van der Waals surface area contributed by atoms with Crippen molar-refractivity contribution in [1.29, 1.82) is 0 Å². The van der Waals surface area contributed by atoms with Crippen LogP contribution < -0.4 is 0 Å². The molecule has 0 amide bonds. The molecule has 0 bridgehead atoms. The highest BCUT2D eigenvalue weighted by Gasteiger charge is 2.19. The molecule has 0 fully saturated rings. The molecule has 1 atom stereocenters. The molecule has 1 heterocycles. The van der Waals surface area contributed by atoms with Gasteiger partial charge in [0.15, 0.2) is 0 Å². The molecule has 0 saturated heterocycles. The molecule has 2 aromatic rings. The van der Waals surface area contributed by atoms with Gasteiger partial charge in [0.1, 0.15) is 11.9 Å². The lowest BCUT2D eigenvalue weighted by molar-refractivity contribution is 0.0518. The summed E-state index contributed by atoms with van der Waals surface area (Å²) in [6.07, 6.45) is 0.552. The number of nitrogens with zero attached hydrogens (tertiary/aromatic N) is 2. The zero-order valence-corrected chi connectivity index (χ0v) is 11.5. The Kier molecular flexibility index (Phi) is 4.39. The van der Waals surface area contributed by atoms with Crippen molar-refractivity contribution in [2.24, 2.45) is 0 Å². The second-order valence-corrected chi connectivity index (χ2v) is 4.41. The van der Waals surface area contributed by atoms with Crippen LogP contribution in [0.2, 0.25) is 5.02 Å². The Morgan fingerprint density at radius 2 is 2.21 bits per heavy atom. The van der Waals surface area contributed by atoms with Crippen LogP contribution in [0.1, 0.15) is 32.2 Å².